The number of hydrogen-bond donors (Lipinski definition) is 1. The lowest BCUT2D eigenvalue weighted by Gasteiger charge is -2.26. The second-order valence-electron chi connectivity index (χ2n) is 8.82. The molecule has 3 atom stereocenters. The average molecular weight is 520 g/mol. The Kier molecular flexibility index (Phi) is 16.3. The Balaban J connectivity index is 2.92. The van der Waals surface area contributed by atoms with Gasteiger partial charge in [0.25, 0.3) is 0 Å². The Morgan fingerprint density at radius 1 is 1.00 bits per heavy atom. The molecular weight excluding hydrogens is 478 g/mol. The summed E-state index contributed by atoms with van der Waals surface area (Å²) in [6.07, 6.45) is 9.23. The molecule has 0 aromatic heterocycles. The van der Waals surface area contributed by atoms with E-state index in [1.165, 1.54) is 21.0 Å². The van der Waals surface area contributed by atoms with Crippen LogP contribution < -0.4 is 5.32 Å². The Morgan fingerprint density at radius 3 is 2.28 bits per heavy atom. The number of nitrogens with one attached hydrogen (secondary N) is 1. The number of rotatable bonds is 18. The van der Waals surface area contributed by atoms with Gasteiger partial charge >= 0.3 is 11.9 Å². The third-order valence-electron chi connectivity index (χ3n) is 5.81. The number of ether oxygens (including phenoxy) is 2. The second kappa shape index (κ2) is 18.6. The number of allylic oxidation sites excluding steroid dienone is 1. The third kappa shape index (κ3) is 13.5. The van der Waals surface area contributed by atoms with Crippen molar-refractivity contribution in [2.75, 3.05) is 12.9 Å². The summed E-state index contributed by atoms with van der Waals surface area (Å²) in [7, 11) is 1.24. The van der Waals surface area contributed by atoms with Crippen LogP contribution in [-0.2, 0) is 35.1 Å². The van der Waals surface area contributed by atoms with Gasteiger partial charge < -0.3 is 14.8 Å². The van der Waals surface area contributed by atoms with Crippen molar-refractivity contribution >= 4 is 34.7 Å². The maximum atomic E-state index is 13.4. The van der Waals surface area contributed by atoms with E-state index in [-0.39, 0.29) is 16.8 Å². The van der Waals surface area contributed by atoms with Crippen LogP contribution >= 0.6 is 11.8 Å². The highest BCUT2D eigenvalue weighted by Crippen LogP contribution is 2.27. The first-order valence-corrected chi connectivity index (χ1v) is 13.6. The highest BCUT2D eigenvalue weighted by molar-refractivity contribution is 8.13. The van der Waals surface area contributed by atoms with Gasteiger partial charge in [-0.25, -0.2) is 4.79 Å². The monoisotopic (exact) mass is 519 g/mol. The summed E-state index contributed by atoms with van der Waals surface area (Å²) in [6.45, 7) is 6.41. The number of thioether (sulfide) groups is 1. The number of benzene rings is 1. The lowest BCUT2D eigenvalue weighted by Crippen LogP contribution is -2.43. The predicted octanol–water partition coefficient (Wildman–Crippen LogP) is 5.02. The molecule has 1 aromatic carbocycles. The second-order valence-corrected chi connectivity index (χ2v) is 9.84. The van der Waals surface area contributed by atoms with Gasteiger partial charge in [-0.05, 0) is 37.7 Å². The van der Waals surface area contributed by atoms with Crippen molar-refractivity contribution in [3.63, 3.8) is 0 Å². The van der Waals surface area contributed by atoms with Crippen molar-refractivity contribution in [1.29, 1.82) is 0 Å². The lowest BCUT2D eigenvalue weighted by molar-refractivity contribution is -0.150. The molecule has 0 bridgehead atoms. The summed E-state index contributed by atoms with van der Waals surface area (Å²) in [5.74, 6) is -1.87. The molecule has 0 radical (unpaired) electrons. The minimum atomic E-state index is -0.927. The molecule has 8 heteroatoms. The molecule has 0 aliphatic rings. The van der Waals surface area contributed by atoms with Gasteiger partial charge in [0.15, 0.2) is 5.12 Å². The van der Waals surface area contributed by atoms with Gasteiger partial charge in [-0.3, -0.25) is 14.4 Å². The van der Waals surface area contributed by atoms with Crippen molar-refractivity contribution in [2.24, 2.45) is 5.92 Å². The molecule has 3 unspecified atom stereocenters. The lowest BCUT2D eigenvalue weighted by atomic mass is 9.92. The van der Waals surface area contributed by atoms with Crippen LogP contribution in [0.3, 0.4) is 0 Å². The molecule has 1 amide bonds. The fraction of sp³-hybridized carbons (Fsp3) is 0.571. The number of hydrogen-bond acceptors (Lipinski definition) is 7. The Hall–Kier alpha value is -2.61. The quantitative estimate of drug-likeness (QED) is 0.165. The molecule has 1 N–H and O–H groups in total. The summed E-state index contributed by atoms with van der Waals surface area (Å²) >= 11 is 0.973. The van der Waals surface area contributed by atoms with Crippen molar-refractivity contribution in [1.82, 2.24) is 5.32 Å². The van der Waals surface area contributed by atoms with E-state index in [1.54, 1.807) is 0 Å². The van der Waals surface area contributed by atoms with Crippen LogP contribution in [0.15, 0.2) is 43.0 Å². The molecule has 7 nitrogen and oxygen atoms in total. The summed E-state index contributed by atoms with van der Waals surface area (Å²) in [5.41, 5.74) is 1.10. The molecule has 0 saturated carbocycles. The molecule has 1 aromatic rings. The molecule has 0 aliphatic heterocycles. The summed E-state index contributed by atoms with van der Waals surface area (Å²) in [4.78, 5) is 48.9. The Morgan fingerprint density at radius 2 is 1.67 bits per heavy atom. The Bertz CT molecular complexity index is 829. The smallest absolute Gasteiger partial charge is 0.329 e. The van der Waals surface area contributed by atoms with E-state index < -0.39 is 30.0 Å². The maximum Gasteiger partial charge on any atom is 0.329 e. The normalized spacial score (nSPS) is 13.2. The van der Waals surface area contributed by atoms with E-state index in [4.69, 9.17) is 9.47 Å². The molecule has 0 heterocycles. The topological polar surface area (TPSA) is 98.8 Å². The SMILES string of the molecule is C=CCCCCCCCC(C(=O)SCC(NC(C)=O)C(=O)OC)C(CCc1ccccc1)OC(C)=O. The highest BCUT2D eigenvalue weighted by atomic mass is 32.2. The standard InChI is InChI=1S/C28H41NO6S/c1-5-6-7-8-9-10-14-17-24(28(33)36-20-25(27(32)34-4)29-21(2)30)26(35-22(3)31)19-18-23-15-12-11-13-16-23/h5,11-13,15-16,24-26H,1,6-10,14,17-20H2,2-4H3,(H,29,30). The van der Waals surface area contributed by atoms with Gasteiger partial charge in [-0.2, -0.15) is 0 Å². The van der Waals surface area contributed by atoms with Crippen LogP contribution in [0, 0.1) is 5.92 Å². The van der Waals surface area contributed by atoms with Crippen LogP contribution in [0.4, 0.5) is 0 Å². The minimum Gasteiger partial charge on any atom is -0.467 e. The molecule has 1 rings (SSSR count). The van der Waals surface area contributed by atoms with E-state index in [2.05, 4.69) is 11.9 Å². The van der Waals surface area contributed by atoms with Crippen LogP contribution in [0.25, 0.3) is 0 Å². The third-order valence-corrected chi connectivity index (χ3v) is 6.90. The van der Waals surface area contributed by atoms with E-state index in [1.807, 2.05) is 36.4 Å². The van der Waals surface area contributed by atoms with Crippen molar-refractivity contribution in [3.05, 3.63) is 48.6 Å². The zero-order valence-corrected chi connectivity index (χ0v) is 22.6. The van der Waals surface area contributed by atoms with Gasteiger partial charge in [0.2, 0.25) is 5.91 Å². The Labute approximate surface area is 219 Å². The predicted molar refractivity (Wildman–Crippen MR) is 143 cm³/mol. The number of unbranched alkanes of at least 4 members (excludes halogenated alkanes) is 5. The van der Waals surface area contributed by atoms with Gasteiger partial charge in [-0.1, -0.05) is 73.9 Å². The number of aryl methyl sites for hydroxylation is 1. The fourth-order valence-electron chi connectivity index (χ4n) is 3.98. The molecule has 200 valence electrons. The molecule has 0 spiro atoms. The van der Waals surface area contributed by atoms with Crippen molar-refractivity contribution in [2.45, 2.75) is 83.8 Å². The number of carbonyl (C=O) groups is 4. The van der Waals surface area contributed by atoms with Crippen LogP contribution in [0.5, 0.6) is 0 Å². The number of methoxy groups -OCH3 is 1. The van der Waals surface area contributed by atoms with E-state index in [0.29, 0.717) is 19.3 Å². The first-order chi connectivity index (χ1) is 17.3. The maximum absolute atomic E-state index is 13.4. The van der Waals surface area contributed by atoms with E-state index in [0.717, 1.165) is 55.9 Å². The summed E-state index contributed by atoms with van der Waals surface area (Å²) in [5, 5.41) is 2.38. The van der Waals surface area contributed by atoms with Gasteiger partial charge in [-0.15, -0.1) is 6.58 Å². The summed E-state index contributed by atoms with van der Waals surface area (Å²) < 4.78 is 10.4. The molecular formula is C28H41NO6S. The zero-order chi connectivity index (χ0) is 26.8. The van der Waals surface area contributed by atoms with E-state index in [9.17, 15) is 19.2 Å². The number of amides is 1. The number of carbonyl (C=O) groups excluding carboxylic acids is 4. The van der Waals surface area contributed by atoms with Crippen LogP contribution in [0.2, 0.25) is 0 Å². The largest absolute Gasteiger partial charge is 0.467 e. The van der Waals surface area contributed by atoms with Crippen LogP contribution in [0.1, 0.15) is 70.8 Å². The first-order valence-electron chi connectivity index (χ1n) is 12.6. The number of esters is 2. The molecule has 0 saturated heterocycles. The molecule has 0 aliphatic carbocycles. The van der Waals surface area contributed by atoms with Crippen LogP contribution in [-0.4, -0.2) is 48.0 Å². The van der Waals surface area contributed by atoms with Crippen molar-refractivity contribution < 1.29 is 28.7 Å². The molecule has 0 fully saturated rings. The fourth-order valence-corrected chi connectivity index (χ4v) is 5.01. The minimum absolute atomic E-state index is 0.0502. The first kappa shape index (κ1) is 31.4. The van der Waals surface area contributed by atoms with Gasteiger partial charge in [0.05, 0.1) is 13.0 Å². The van der Waals surface area contributed by atoms with Gasteiger partial charge in [0, 0.05) is 19.6 Å². The zero-order valence-electron chi connectivity index (χ0n) is 21.8. The van der Waals surface area contributed by atoms with Gasteiger partial charge in [0.1, 0.15) is 12.1 Å². The van der Waals surface area contributed by atoms with Crippen molar-refractivity contribution in [3.8, 4) is 0 Å². The van der Waals surface area contributed by atoms with E-state index >= 15 is 0 Å². The summed E-state index contributed by atoms with van der Waals surface area (Å²) in [6, 6.07) is 8.94. The molecule has 36 heavy (non-hydrogen) atoms. The highest BCUT2D eigenvalue weighted by Gasteiger charge is 2.32. The average Bonchev–Trinajstić information content (AvgIpc) is 2.85.